The van der Waals surface area contributed by atoms with Gasteiger partial charge in [-0.1, -0.05) is 0 Å². The summed E-state index contributed by atoms with van der Waals surface area (Å²) in [5, 5.41) is 0. The number of rotatable bonds is 9. The summed E-state index contributed by atoms with van der Waals surface area (Å²) in [5.41, 5.74) is 0. The lowest BCUT2D eigenvalue weighted by molar-refractivity contribution is -0.155. The molecular weight excluding hydrogens is 363 g/mol. The fourth-order valence-electron chi connectivity index (χ4n) is 3.86. The van der Waals surface area contributed by atoms with Crippen LogP contribution in [0.25, 0.3) is 0 Å². The highest BCUT2D eigenvalue weighted by atomic mass is 19.1. The van der Waals surface area contributed by atoms with Crippen molar-refractivity contribution in [3.05, 3.63) is 30.1 Å². The lowest BCUT2D eigenvalue weighted by Crippen LogP contribution is -2.55. The van der Waals surface area contributed by atoms with E-state index in [0.29, 0.717) is 18.9 Å². The van der Waals surface area contributed by atoms with Gasteiger partial charge in [0.1, 0.15) is 30.9 Å². The summed E-state index contributed by atoms with van der Waals surface area (Å²) in [6.45, 7) is 4.99. The molecular formula is C21H31FN2O4. The lowest BCUT2D eigenvalue weighted by atomic mass is 10.0. The normalized spacial score (nSPS) is 21.9. The van der Waals surface area contributed by atoms with Crippen molar-refractivity contribution in [2.24, 2.45) is 0 Å². The van der Waals surface area contributed by atoms with Crippen molar-refractivity contribution < 1.29 is 23.4 Å². The van der Waals surface area contributed by atoms with Crippen molar-refractivity contribution >= 4 is 5.91 Å². The van der Waals surface area contributed by atoms with Gasteiger partial charge in [0, 0.05) is 32.8 Å². The van der Waals surface area contributed by atoms with Crippen LogP contribution in [-0.2, 0) is 14.3 Å². The van der Waals surface area contributed by atoms with Gasteiger partial charge in [0.2, 0.25) is 5.91 Å². The van der Waals surface area contributed by atoms with Gasteiger partial charge in [-0.05, 0) is 56.5 Å². The highest BCUT2D eigenvalue weighted by Crippen LogP contribution is 2.21. The minimum absolute atomic E-state index is 0.0663. The van der Waals surface area contributed by atoms with Gasteiger partial charge >= 0.3 is 0 Å². The summed E-state index contributed by atoms with van der Waals surface area (Å²) in [6, 6.07) is 6.22. The minimum atomic E-state index is -0.289. The Hall–Kier alpha value is -1.70. The van der Waals surface area contributed by atoms with Crippen LogP contribution in [0.4, 0.5) is 4.39 Å². The van der Waals surface area contributed by atoms with E-state index in [4.69, 9.17) is 14.2 Å². The quantitative estimate of drug-likeness (QED) is 0.602. The van der Waals surface area contributed by atoms with Gasteiger partial charge in [-0.3, -0.25) is 4.79 Å². The third kappa shape index (κ3) is 6.15. The smallest absolute Gasteiger partial charge is 0.248 e. The van der Waals surface area contributed by atoms with Gasteiger partial charge in [0.15, 0.2) is 0 Å². The number of hydrogen-bond acceptors (Lipinski definition) is 5. The number of amides is 1. The van der Waals surface area contributed by atoms with Crippen LogP contribution in [-0.4, -0.2) is 81.0 Å². The maximum Gasteiger partial charge on any atom is 0.248 e. The Morgan fingerprint density at radius 3 is 2.64 bits per heavy atom. The summed E-state index contributed by atoms with van der Waals surface area (Å²) in [7, 11) is 1.74. The molecule has 0 aromatic heterocycles. The van der Waals surface area contributed by atoms with Crippen molar-refractivity contribution in [2.75, 3.05) is 53.1 Å². The van der Waals surface area contributed by atoms with E-state index in [1.165, 1.54) is 12.1 Å². The van der Waals surface area contributed by atoms with E-state index in [1.807, 2.05) is 4.90 Å². The van der Waals surface area contributed by atoms with Gasteiger partial charge in [0.25, 0.3) is 0 Å². The number of halogens is 1. The average Bonchev–Trinajstić information content (AvgIpc) is 2.72. The summed E-state index contributed by atoms with van der Waals surface area (Å²) in [4.78, 5) is 16.8. The van der Waals surface area contributed by atoms with Crippen LogP contribution in [0.15, 0.2) is 24.3 Å². The molecule has 2 aliphatic rings. The molecule has 6 nitrogen and oxygen atoms in total. The number of unbranched alkanes of at least 4 members (excludes halogenated alkanes) is 1. The molecule has 2 heterocycles. The Morgan fingerprint density at radius 1 is 1.18 bits per heavy atom. The number of carbonyl (C=O) groups excluding carboxylic acids is 1. The Bertz CT molecular complexity index is 605. The predicted molar refractivity (Wildman–Crippen MR) is 104 cm³/mol. The maximum atomic E-state index is 13.0. The lowest BCUT2D eigenvalue weighted by Gasteiger charge is -2.42. The van der Waals surface area contributed by atoms with Crippen LogP contribution in [0.1, 0.15) is 25.7 Å². The van der Waals surface area contributed by atoms with Crippen molar-refractivity contribution in [1.29, 1.82) is 0 Å². The largest absolute Gasteiger partial charge is 0.491 e. The third-order valence-corrected chi connectivity index (χ3v) is 5.48. The maximum absolute atomic E-state index is 13.0. The zero-order valence-corrected chi connectivity index (χ0v) is 16.6. The molecule has 3 rings (SSSR count). The van der Waals surface area contributed by atoms with E-state index in [0.717, 1.165) is 51.9 Å². The van der Waals surface area contributed by atoms with E-state index in [9.17, 15) is 9.18 Å². The summed E-state index contributed by atoms with van der Waals surface area (Å²) in [6.07, 6.45) is 4.09. The van der Waals surface area contributed by atoms with Crippen molar-refractivity contribution in [3.8, 4) is 5.75 Å². The molecule has 0 spiro atoms. The number of morpholine rings is 1. The Kier molecular flexibility index (Phi) is 8.06. The fourth-order valence-corrected chi connectivity index (χ4v) is 3.86. The second kappa shape index (κ2) is 10.7. The highest BCUT2D eigenvalue weighted by Gasteiger charge is 2.33. The van der Waals surface area contributed by atoms with E-state index in [1.54, 1.807) is 19.2 Å². The summed E-state index contributed by atoms with van der Waals surface area (Å²) < 4.78 is 29.4. The topological polar surface area (TPSA) is 51.2 Å². The Balaban J connectivity index is 1.42. The molecule has 0 aliphatic carbocycles. The highest BCUT2D eigenvalue weighted by molar-refractivity contribution is 5.78. The van der Waals surface area contributed by atoms with Gasteiger partial charge in [-0.2, -0.15) is 0 Å². The zero-order chi connectivity index (χ0) is 19.8. The summed E-state index contributed by atoms with van der Waals surface area (Å²) in [5.74, 6) is 0.384. The first kappa shape index (κ1) is 21.0. The molecule has 1 atom stereocenters. The van der Waals surface area contributed by atoms with E-state index in [-0.39, 0.29) is 30.5 Å². The van der Waals surface area contributed by atoms with Crippen LogP contribution in [0.2, 0.25) is 0 Å². The molecule has 156 valence electrons. The molecule has 2 saturated heterocycles. The van der Waals surface area contributed by atoms with E-state index < -0.39 is 0 Å². The molecule has 28 heavy (non-hydrogen) atoms. The fraction of sp³-hybridized carbons (Fsp3) is 0.667. The Morgan fingerprint density at radius 2 is 1.93 bits per heavy atom. The van der Waals surface area contributed by atoms with Crippen LogP contribution in [0.5, 0.6) is 5.75 Å². The molecule has 2 aliphatic heterocycles. The molecule has 0 radical (unpaired) electrons. The molecule has 0 N–H and O–H groups in total. The molecule has 0 bridgehead atoms. The Labute approximate surface area is 166 Å². The number of ether oxygens (including phenoxy) is 3. The molecule has 1 unspecified atom stereocenters. The zero-order valence-electron chi connectivity index (χ0n) is 16.6. The number of piperidine rings is 1. The van der Waals surface area contributed by atoms with Gasteiger partial charge < -0.3 is 24.0 Å². The first-order chi connectivity index (χ1) is 13.7. The van der Waals surface area contributed by atoms with Crippen LogP contribution in [0.3, 0.4) is 0 Å². The molecule has 1 aromatic rings. The molecule has 1 amide bonds. The van der Waals surface area contributed by atoms with Crippen molar-refractivity contribution in [1.82, 2.24) is 9.80 Å². The van der Waals surface area contributed by atoms with Crippen molar-refractivity contribution in [2.45, 2.75) is 37.8 Å². The van der Waals surface area contributed by atoms with Crippen molar-refractivity contribution in [3.63, 3.8) is 0 Å². The molecule has 7 heteroatoms. The number of methoxy groups -OCH3 is 1. The number of carbonyl (C=O) groups is 1. The second-order valence-electron chi connectivity index (χ2n) is 7.52. The van der Waals surface area contributed by atoms with Gasteiger partial charge in [-0.25, -0.2) is 4.39 Å². The number of likely N-dealkylation sites (tertiary alicyclic amines) is 1. The standard InChI is InChI=1S/C21H31FN2O4/c1-26-13-3-2-10-23-11-8-18(9-12-23)24-14-20(28-16-21(24)25)15-27-19-6-4-17(22)5-7-19/h4-7,18,20H,2-3,8-16H2,1H3. The van der Waals surface area contributed by atoms with Crippen LogP contribution >= 0.6 is 0 Å². The SMILES string of the molecule is COCCCCN1CCC(N2CC(COc3ccc(F)cc3)OCC2=O)CC1. The molecule has 0 saturated carbocycles. The molecule has 1 aromatic carbocycles. The van der Waals surface area contributed by atoms with E-state index >= 15 is 0 Å². The first-order valence-corrected chi connectivity index (χ1v) is 10.2. The number of nitrogens with zero attached hydrogens (tertiary/aromatic N) is 2. The van der Waals surface area contributed by atoms with E-state index in [2.05, 4.69) is 4.90 Å². The average molecular weight is 394 g/mol. The van der Waals surface area contributed by atoms with Crippen LogP contribution < -0.4 is 4.74 Å². The number of benzene rings is 1. The third-order valence-electron chi connectivity index (χ3n) is 5.48. The minimum Gasteiger partial charge on any atom is -0.491 e. The van der Waals surface area contributed by atoms with Gasteiger partial charge in [-0.15, -0.1) is 0 Å². The first-order valence-electron chi connectivity index (χ1n) is 10.2. The summed E-state index contributed by atoms with van der Waals surface area (Å²) >= 11 is 0. The second-order valence-corrected chi connectivity index (χ2v) is 7.52. The predicted octanol–water partition coefficient (Wildman–Crippen LogP) is 2.32. The number of hydrogen-bond donors (Lipinski definition) is 0. The molecule has 2 fully saturated rings. The monoisotopic (exact) mass is 394 g/mol. The van der Waals surface area contributed by atoms with Gasteiger partial charge in [0.05, 0.1) is 6.54 Å². The van der Waals surface area contributed by atoms with Crippen LogP contribution in [0, 0.1) is 5.82 Å².